The monoisotopic (exact) mass is 310 g/mol. The van der Waals surface area contributed by atoms with Crippen LogP contribution in [0, 0.1) is 6.92 Å². The average molecular weight is 310 g/mol. The Bertz CT molecular complexity index is 821. The summed E-state index contributed by atoms with van der Waals surface area (Å²) < 4.78 is 1.75. The molecule has 0 saturated carbocycles. The average Bonchev–Trinajstić information content (AvgIpc) is 3.17. The van der Waals surface area contributed by atoms with Crippen molar-refractivity contribution in [3.63, 3.8) is 0 Å². The van der Waals surface area contributed by atoms with E-state index in [0.29, 0.717) is 11.4 Å². The van der Waals surface area contributed by atoms with Crippen LogP contribution in [0.25, 0.3) is 11.4 Å². The van der Waals surface area contributed by atoms with Gasteiger partial charge in [-0.2, -0.15) is 10.2 Å². The van der Waals surface area contributed by atoms with Crippen molar-refractivity contribution in [1.29, 1.82) is 0 Å². The standard InChI is InChI=1S/C16H18N6O/c1-10(14-8-22(3)21-11(14)2)19-16(23)13-6-4-5-12(7-13)15-17-9-18-20-15/h4-10H,1-3H3,(H,19,23)(H,17,18,20)/t10-/m1/s1. The lowest BCUT2D eigenvalue weighted by atomic mass is 10.1. The number of aryl methyl sites for hydroxylation is 2. The molecule has 1 atom stereocenters. The molecule has 2 aromatic heterocycles. The molecule has 1 aromatic carbocycles. The van der Waals surface area contributed by atoms with E-state index < -0.39 is 0 Å². The predicted octanol–water partition coefficient (Wildman–Crippen LogP) is 2.00. The molecule has 23 heavy (non-hydrogen) atoms. The van der Waals surface area contributed by atoms with Crippen LogP contribution in [-0.4, -0.2) is 30.9 Å². The number of rotatable bonds is 4. The Labute approximate surface area is 133 Å². The summed E-state index contributed by atoms with van der Waals surface area (Å²) >= 11 is 0. The third-order valence-electron chi connectivity index (χ3n) is 3.68. The second-order valence-corrected chi connectivity index (χ2v) is 5.45. The number of aromatic nitrogens is 5. The van der Waals surface area contributed by atoms with E-state index in [-0.39, 0.29) is 11.9 Å². The van der Waals surface area contributed by atoms with E-state index in [9.17, 15) is 4.79 Å². The van der Waals surface area contributed by atoms with Crippen molar-refractivity contribution in [2.75, 3.05) is 0 Å². The first-order valence-corrected chi connectivity index (χ1v) is 7.31. The van der Waals surface area contributed by atoms with Crippen molar-refractivity contribution >= 4 is 5.91 Å². The Morgan fingerprint density at radius 2 is 2.22 bits per heavy atom. The molecule has 7 heteroatoms. The topological polar surface area (TPSA) is 88.5 Å². The van der Waals surface area contributed by atoms with Gasteiger partial charge in [0.15, 0.2) is 5.82 Å². The molecule has 2 heterocycles. The Morgan fingerprint density at radius 3 is 2.87 bits per heavy atom. The summed E-state index contributed by atoms with van der Waals surface area (Å²) in [5, 5.41) is 13.9. The fourth-order valence-corrected chi connectivity index (χ4v) is 2.55. The van der Waals surface area contributed by atoms with Gasteiger partial charge in [-0.15, -0.1) is 0 Å². The number of hydrogen-bond donors (Lipinski definition) is 2. The molecule has 1 amide bonds. The first kappa shape index (κ1) is 15.0. The molecule has 0 aliphatic heterocycles. The third-order valence-corrected chi connectivity index (χ3v) is 3.68. The number of aromatic amines is 1. The van der Waals surface area contributed by atoms with E-state index in [1.807, 2.05) is 39.2 Å². The third kappa shape index (κ3) is 3.13. The van der Waals surface area contributed by atoms with Crippen LogP contribution >= 0.6 is 0 Å². The summed E-state index contributed by atoms with van der Waals surface area (Å²) in [7, 11) is 1.87. The Hall–Kier alpha value is -2.96. The van der Waals surface area contributed by atoms with Gasteiger partial charge in [-0.1, -0.05) is 12.1 Å². The van der Waals surface area contributed by atoms with Crippen molar-refractivity contribution in [2.45, 2.75) is 19.9 Å². The lowest BCUT2D eigenvalue weighted by molar-refractivity contribution is 0.0940. The van der Waals surface area contributed by atoms with Crippen molar-refractivity contribution in [2.24, 2.45) is 7.05 Å². The summed E-state index contributed by atoms with van der Waals surface area (Å²) in [6, 6.07) is 7.15. The minimum absolute atomic E-state index is 0.120. The summed E-state index contributed by atoms with van der Waals surface area (Å²) in [5.41, 5.74) is 3.32. The molecule has 0 aliphatic rings. The Morgan fingerprint density at radius 1 is 1.39 bits per heavy atom. The van der Waals surface area contributed by atoms with Gasteiger partial charge < -0.3 is 5.32 Å². The first-order valence-electron chi connectivity index (χ1n) is 7.31. The van der Waals surface area contributed by atoms with Crippen LogP contribution < -0.4 is 5.32 Å². The summed E-state index contributed by atoms with van der Waals surface area (Å²) in [5.74, 6) is 0.498. The highest BCUT2D eigenvalue weighted by atomic mass is 16.1. The molecule has 3 rings (SSSR count). The highest BCUT2D eigenvalue weighted by Crippen LogP contribution is 2.18. The van der Waals surface area contributed by atoms with Gasteiger partial charge in [0.2, 0.25) is 0 Å². The lowest BCUT2D eigenvalue weighted by Crippen LogP contribution is -2.26. The number of nitrogens with one attached hydrogen (secondary N) is 2. The fourth-order valence-electron chi connectivity index (χ4n) is 2.55. The normalized spacial score (nSPS) is 12.1. The SMILES string of the molecule is Cc1nn(C)cc1[C@@H](C)NC(=O)c1cccc(-c2ncn[nH]2)c1. The van der Waals surface area contributed by atoms with E-state index in [2.05, 4.69) is 25.6 Å². The van der Waals surface area contributed by atoms with Crippen LogP contribution in [0.3, 0.4) is 0 Å². The van der Waals surface area contributed by atoms with Crippen LogP contribution in [0.1, 0.15) is 34.6 Å². The van der Waals surface area contributed by atoms with Crippen LogP contribution in [0.15, 0.2) is 36.8 Å². The lowest BCUT2D eigenvalue weighted by Gasteiger charge is -2.13. The number of benzene rings is 1. The first-order chi connectivity index (χ1) is 11.0. The maximum Gasteiger partial charge on any atom is 0.251 e. The second-order valence-electron chi connectivity index (χ2n) is 5.45. The number of amides is 1. The van der Waals surface area contributed by atoms with Crippen LogP contribution in [0.5, 0.6) is 0 Å². The van der Waals surface area contributed by atoms with Gasteiger partial charge in [-0.3, -0.25) is 14.6 Å². The van der Waals surface area contributed by atoms with Crippen LogP contribution in [-0.2, 0) is 7.05 Å². The van der Waals surface area contributed by atoms with Gasteiger partial charge in [0.05, 0.1) is 11.7 Å². The molecule has 0 unspecified atom stereocenters. The molecule has 0 saturated heterocycles. The second kappa shape index (κ2) is 6.04. The molecule has 0 spiro atoms. The smallest absolute Gasteiger partial charge is 0.251 e. The highest BCUT2D eigenvalue weighted by Gasteiger charge is 2.16. The number of carbonyl (C=O) groups is 1. The fraction of sp³-hybridized carbons (Fsp3) is 0.250. The van der Waals surface area contributed by atoms with Gasteiger partial charge >= 0.3 is 0 Å². The molecule has 2 N–H and O–H groups in total. The van der Waals surface area contributed by atoms with Crippen molar-refractivity contribution in [1.82, 2.24) is 30.3 Å². The van der Waals surface area contributed by atoms with Crippen molar-refractivity contribution in [3.05, 3.63) is 53.6 Å². The van der Waals surface area contributed by atoms with Gasteiger partial charge in [0, 0.05) is 29.9 Å². The molecule has 0 aliphatic carbocycles. The maximum absolute atomic E-state index is 12.5. The molecule has 118 valence electrons. The molecule has 7 nitrogen and oxygen atoms in total. The zero-order chi connectivity index (χ0) is 16.4. The zero-order valence-corrected chi connectivity index (χ0v) is 13.2. The summed E-state index contributed by atoms with van der Waals surface area (Å²) in [4.78, 5) is 16.6. The van der Waals surface area contributed by atoms with E-state index in [0.717, 1.165) is 16.8 Å². The molecule has 0 fully saturated rings. The summed E-state index contributed by atoms with van der Waals surface area (Å²) in [6.45, 7) is 3.88. The van der Waals surface area contributed by atoms with Gasteiger partial charge in [-0.05, 0) is 26.0 Å². The number of nitrogens with zero attached hydrogens (tertiary/aromatic N) is 4. The molecule has 3 aromatic rings. The Kier molecular flexibility index (Phi) is 3.92. The van der Waals surface area contributed by atoms with Crippen molar-refractivity contribution < 1.29 is 4.79 Å². The van der Waals surface area contributed by atoms with Gasteiger partial charge in [0.1, 0.15) is 6.33 Å². The minimum Gasteiger partial charge on any atom is -0.345 e. The minimum atomic E-state index is -0.137. The summed E-state index contributed by atoms with van der Waals surface area (Å²) in [6.07, 6.45) is 3.36. The van der Waals surface area contributed by atoms with Gasteiger partial charge in [0.25, 0.3) is 5.91 Å². The van der Waals surface area contributed by atoms with Crippen molar-refractivity contribution in [3.8, 4) is 11.4 Å². The van der Waals surface area contributed by atoms with E-state index >= 15 is 0 Å². The quantitative estimate of drug-likeness (QED) is 0.771. The van der Waals surface area contributed by atoms with Gasteiger partial charge in [-0.25, -0.2) is 4.98 Å². The largest absolute Gasteiger partial charge is 0.345 e. The highest BCUT2D eigenvalue weighted by molar-refractivity contribution is 5.95. The molecular weight excluding hydrogens is 292 g/mol. The van der Waals surface area contributed by atoms with Crippen LogP contribution in [0.4, 0.5) is 0 Å². The zero-order valence-electron chi connectivity index (χ0n) is 13.2. The van der Waals surface area contributed by atoms with E-state index in [4.69, 9.17) is 0 Å². The Balaban J connectivity index is 1.78. The van der Waals surface area contributed by atoms with E-state index in [1.54, 1.807) is 16.8 Å². The van der Waals surface area contributed by atoms with Crippen LogP contribution in [0.2, 0.25) is 0 Å². The number of hydrogen-bond acceptors (Lipinski definition) is 4. The molecular formula is C16H18N6O. The number of H-pyrrole nitrogens is 1. The van der Waals surface area contributed by atoms with E-state index in [1.165, 1.54) is 6.33 Å². The molecule has 0 bridgehead atoms. The number of carbonyl (C=O) groups excluding carboxylic acids is 1. The predicted molar refractivity (Wildman–Crippen MR) is 85.6 cm³/mol. The molecule has 0 radical (unpaired) electrons. The maximum atomic E-state index is 12.5.